The van der Waals surface area contributed by atoms with E-state index in [1.807, 2.05) is 0 Å². The topological polar surface area (TPSA) is 116 Å². The predicted molar refractivity (Wildman–Crippen MR) is 128 cm³/mol. The van der Waals surface area contributed by atoms with E-state index in [0.717, 1.165) is 43.8 Å². The van der Waals surface area contributed by atoms with E-state index in [1.165, 1.54) is 24.3 Å². The lowest BCUT2D eigenvalue weighted by atomic mass is 9.93. The highest BCUT2D eigenvalue weighted by Gasteiger charge is 2.29. The molecule has 1 fully saturated rings. The molecule has 0 spiro atoms. The molecule has 1 saturated carbocycles. The standard InChI is InChI=1S/C22H22ClN5O3S2/c23-15-10-11-18(27-33(30,31)20-9-4-8-19-21(20)26-32-25-19)17(14-15)22(29)28(13-5-12-24)16-6-2-1-3-7-16/h4,8-11,14,16,27H,1-3,5-7,13H2. The molecule has 3 aromatic rings. The largest absolute Gasteiger partial charge is 0.335 e. The molecular formula is C22H22ClN5O3S2. The Hall–Kier alpha value is -2.74. The van der Waals surface area contributed by atoms with Gasteiger partial charge >= 0.3 is 0 Å². The van der Waals surface area contributed by atoms with Crippen LogP contribution in [0.5, 0.6) is 0 Å². The quantitative estimate of drug-likeness (QED) is 0.493. The second-order valence-electron chi connectivity index (χ2n) is 7.88. The summed E-state index contributed by atoms with van der Waals surface area (Å²) >= 11 is 7.12. The van der Waals surface area contributed by atoms with Crippen LogP contribution in [0.25, 0.3) is 11.0 Å². The van der Waals surface area contributed by atoms with Crippen molar-refractivity contribution in [3.8, 4) is 6.07 Å². The van der Waals surface area contributed by atoms with Gasteiger partial charge in [0.2, 0.25) is 0 Å². The summed E-state index contributed by atoms with van der Waals surface area (Å²) in [6.07, 6.45) is 5.07. The van der Waals surface area contributed by atoms with E-state index in [9.17, 15) is 13.2 Å². The van der Waals surface area contributed by atoms with Gasteiger partial charge in [-0.15, -0.1) is 0 Å². The lowest BCUT2D eigenvalue weighted by Crippen LogP contribution is -2.42. The van der Waals surface area contributed by atoms with Gasteiger partial charge in [0.1, 0.15) is 15.9 Å². The fraction of sp³-hybridized carbons (Fsp3) is 0.364. The lowest BCUT2D eigenvalue weighted by molar-refractivity contribution is 0.0640. The smallest absolute Gasteiger partial charge is 0.264 e. The first kappa shape index (κ1) is 23.4. The summed E-state index contributed by atoms with van der Waals surface area (Å²) in [6.45, 7) is 0.280. The third-order valence-electron chi connectivity index (χ3n) is 5.74. The molecule has 8 nitrogen and oxygen atoms in total. The molecule has 4 rings (SSSR count). The SMILES string of the molecule is N#CCCN(C(=O)c1cc(Cl)ccc1NS(=O)(=O)c1cccc2nsnc12)C1CCCCC1. The molecule has 1 aromatic heterocycles. The van der Waals surface area contributed by atoms with Crippen LogP contribution in [-0.4, -0.2) is 40.6 Å². The van der Waals surface area contributed by atoms with Gasteiger partial charge in [-0.2, -0.15) is 14.0 Å². The Bertz CT molecular complexity index is 1310. The van der Waals surface area contributed by atoms with Crippen LogP contribution in [0.2, 0.25) is 5.02 Å². The number of hydrogen-bond donors (Lipinski definition) is 1. The van der Waals surface area contributed by atoms with Gasteiger partial charge in [-0.05, 0) is 43.2 Å². The van der Waals surface area contributed by atoms with Crippen LogP contribution in [0, 0.1) is 11.3 Å². The van der Waals surface area contributed by atoms with Gasteiger partial charge in [-0.3, -0.25) is 9.52 Å². The highest BCUT2D eigenvalue weighted by molar-refractivity contribution is 7.93. The highest BCUT2D eigenvalue weighted by Crippen LogP contribution is 2.30. The van der Waals surface area contributed by atoms with E-state index in [0.29, 0.717) is 10.5 Å². The molecule has 2 aromatic carbocycles. The first-order valence-electron chi connectivity index (χ1n) is 10.6. The lowest BCUT2D eigenvalue weighted by Gasteiger charge is -2.34. The number of hydrogen-bond acceptors (Lipinski definition) is 7. The van der Waals surface area contributed by atoms with Crippen molar-refractivity contribution in [2.75, 3.05) is 11.3 Å². The minimum absolute atomic E-state index is 0.0119. The van der Waals surface area contributed by atoms with Crippen molar-refractivity contribution >= 4 is 56.0 Å². The summed E-state index contributed by atoms with van der Waals surface area (Å²) in [6, 6.07) is 11.3. The zero-order valence-electron chi connectivity index (χ0n) is 17.7. The first-order valence-corrected chi connectivity index (χ1v) is 13.2. The number of halogens is 1. The number of fused-ring (bicyclic) bond motifs is 1. The number of nitrogens with one attached hydrogen (secondary N) is 1. The maximum absolute atomic E-state index is 13.6. The van der Waals surface area contributed by atoms with Crippen LogP contribution >= 0.6 is 23.3 Å². The van der Waals surface area contributed by atoms with E-state index < -0.39 is 10.0 Å². The van der Waals surface area contributed by atoms with E-state index in [1.54, 1.807) is 17.0 Å². The fourth-order valence-corrected chi connectivity index (χ4v) is 6.17. The molecule has 1 aliphatic rings. The number of nitrogens with zero attached hydrogens (tertiary/aromatic N) is 4. The van der Waals surface area contributed by atoms with Gasteiger partial charge in [-0.1, -0.05) is 36.9 Å². The van der Waals surface area contributed by atoms with Gasteiger partial charge < -0.3 is 4.90 Å². The maximum atomic E-state index is 13.6. The molecule has 0 saturated heterocycles. The molecule has 0 radical (unpaired) electrons. The Morgan fingerprint density at radius 1 is 1.21 bits per heavy atom. The predicted octanol–water partition coefficient (Wildman–Crippen LogP) is 4.83. The average Bonchev–Trinajstić information content (AvgIpc) is 3.30. The summed E-state index contributed by atoms with van der Waals surface area (Å²) in [5.74, 6) is -0.342. The molecule has 0 atom stereocenters. The summed E-state index contributed by atoms with van der Waals surface area (Å²) in [5.41, 5.74) is 1.03. The zero-order valence-corrected chi connectivity index (χ0v) is 20.1. The minimum atomic E-state index is -4.06. The molecule has 11 heteroatoms. The minimum Gasteiger partial charge on any atom is -0.335 e. The Balaban J connectivity index is 1.70. The Kier molecular flexibility index (Phi) is 7.12. The molecule has 1 amide bonds. The number of carbonyl (C=O) groups excluding carboxylic acids is 1. The zero-order chi connectivity index (χ0) is 23.4. The molecule has 1 aliphatic carbocycles. The van der Waals surface area contributed by atoms with Crippen molar-refractivity contribution in [3.05, 3.63) is 47.0 Å². The van der Waals surface area contributed by atoms with Crippen LogP contribution < -0.4 is 4.72 Å². The summed E-state index contributed by atoms with van der Waals surface area (Å²) in [4.78, 5) is 15.3. The molecule has 1 heterocycles. The van der Waals surface area contributed by atoms with Gasteiger partial charge in [0, 0.05) is 17.6 Å². The molecule has 0 bridgehead atoms. The normalized spacial score (nSPS) is 14.7. The van der Waals surface area contributed by atoms with Crippen LogP contribution in [0.15, 0.2) is 41.3 Å². The van der Waals surface area contributed by atoms with Gasteiger partial charge in [0.25, 0.3) is 15.9 Å². The number of aromatic nitrogens is 2. The monoisotopic (exact) mass is 503 g/mol. The summed E-state index contributed by atoms with van der Waals surface area (Å²) in [5, 5.41) is 9.42. The van der Waals surface area contributed by atoms with Crippen molar-refractivity contribution in [3.63, 3.8) is 0 Å². The second-order valence-corrected chi connectivity index (χ2v) is 10.5. The summed E-state index contributed by atoms with van der Waals surface area (Å²) < 4.78 is 37.2. The van der Waals surface area contributed by atoms with E-state index in [4.69, 9.17) is 16.9 Å². The molecule has 1 N–H and O–H groups in total. The number of nitriles is 1. The molecule has 0 aliphatic heterocycles. The second kappa shape index (κ2) is 10.0. The third-order valence-corrected chi connectivity index (χ3v) is 7.91. The van der Waals surface area contributed by atoms with Crippen LogP contribution in [0.3, 0.4) is 0 Å². The number of rotatable bonds is 7. The molecule has 0 unspecified atom stereocenters. The maximum Gasteiger partial charge on any atom is 0.264 e. The molecule has 172 valence electrons. The van der Waals surface area contributed by atoms with Gasteiger partial charge in [0.05, 0.1) is 35.5 Å². The fourth-order valence-electron chi connectivity index (χ4n) is 4.15. The van der Waals surface area contributed by atoms with Crippen LogP contribution in [-0.2, 0) is 10.0 Å². The number of anilines is 1. The van der Waals surface area contributed by atoms with Crippen molar-refractivity contribution in [2.45, 2.75) is 49.5 Å². The Morgan fingerprint density at radius 2 is 2.00 bits per heavy atom. The third kappa shape index (κ3) is 5.11. The van der Waals surface area contributed by atoms with Gasteiger partial charge in [-0.25, -0.2) is 8.42 Å². The van der Waals surface area contributed by atoms with E-state index >= 15 is 0 Å². The molecular weight excluding hydrogens is 482 g/mol. The number of carbonyl (C=O) groups is 1. The number of amides is 1. The Morgan fingerprint density at radius 3 is 2.76 bits per heavy atom. The first-order chi connectivity index (χ1) is 15.9. The highest BCUT2D eigenvalue weighted by atomic mass is 35.5. The van der Waals surface area contributed by atoms with Crippen LogP contribution in [0.1, 0.15) is 48.9 Å². The van der Waals surface area contributed by atoms with Crippen molar-refractivity contribution in [1.29, 1.82) is 5.26 Å². The van der Waals surface area contributed by atoms with Gasteiger partial charge in [0.15, 0.2) is 0 Å². The van der Waals surface area contributed by atoms with Crippen molar-refractivity contribution in [1.82, 2.24) is 13.6 Å². The summed E-state index contributed by atoms with van der Waals surface area (Å²) in [7, 11) is -4.06. The van der Waals surface area contributed by atoms with Crippen molar-refractivity contribution in [2.24, 2.45) is 0 Å². The van der Waals surface area contributed by atoms with E-state index in [2.05, 4.69) is 19.5 Å². The average molecular weight is 504 g/mol. The van der Waals surface area contributed by atoms with Crippen molar-refractivity contribution < 1.29 is 13.2 Å². The van der Waals surface area contributed by atoms with E-state index in [-0.39, 0.29) is 46.6 Å². The van der Waals surface area contributed by atoms with Crippen LogP contribution in [0.4, 0.5) is 5.69 Å². The molecule has 33 heavy (non-hydrogen) atoms. The Labute approximate surface area is 201 Å². The number of sulfonamides is 1. The number of benzene rings is 2.